The van der Waals surface area contributed by atoms with Gasteiger partial charge < -0.3 is 15.3 Å². The van der Waals surface area contributed by atoms with Crippen LogP contribution in [0.4, 0.5) is 5.69 Å². The molecule has 7 nitrogen and oxygen atoms in total. The zero-order chi connectivity index (χ0) is 20.3. The highest BCUT2D eigenvalue weighted by molar-refractivity contribution is 7.90. The van der Waals surface area contributed by atoms with Crippen LogP contribution >= 0.6 is 0 Å². The first kappa shape index (κ1) is 19.9. The van der Waals surface area contributed by atoms with Gasteiger partial charge in [-0.1, -0.05) is 30.3 Å². The highest BCUT2D eigenvalue weighted by Crippen LogP contribution is 2.33. The lowest BCUT2D eigenvalue weighted by Gasteiger charge is -2.25. The first-order valence-corrected chi connectivity index (χ1v) is 11.0. The van der Waals surface area contributed by atoms with E-state index in [1.807, 2.05) is 30.3 Å². The largest absolute Gasteiger partial charge is 0.478 e. The summed E-state index contributed by atoms with van der Waals surface area (Å²) in [4.78, 5) is 26.4. The molecule has 1 aliphatic heterocycles. The monoisotopic (exact) mass is 402 g/mol. The van der Waals surface area contributed by atoms with Crippen LogP contribution in [0, 0.1) is 0 Å². The number of carbonyl (C=O) groups excluding carboxylic acids is 1. The molecule has 28 heavy (non-hydrogen) atoms. The molecule has 0 aliphatic carbocycles. The lowest BCUT2D eigenvalue weighted by atomic mass is 10.0. The fourth-order valence-electron chi connectivity index (χ4n) is 3.41. The number of carboxylic acid groups (broad SMARTS) is 1. The van der Waals surface area contributed by atoms with Crippen molar-refractivity contribution in [1.29, 1.82) is 0 Å². The highest BCUT2D eigenvalue weighted by atomic mass is 32.2. The summed E-state index contributed by atoms with van der Waals surface area (Å²) in [5.41, 5.74) is 1.35. The van der Waals surface area contributed by atoms with Gasteiger partial charge in [0.2, 0.25) is 0 Å². The third kappa shape index (κ3) is 4.51. The lowest BCUT2D eigenvalue weighted by molar-refractivity contribution is 0.0698. The van der Waals surface area contributed by atoms with Crippen molar-refractivity contribution in [3.05, 3.63) is 65.2 Å². The van der Waals surface area contributed by atoms with Gasteiger partial charge in [-0.3, -0.25) is 4.79 Å². The molecule has 1 atom stereocenters. The Morgan fingerprint density at radius 2 is 1.89 bits per heavy atom. The summed E-state index contributed by atoms with van der Waals surface area (Å²) < 4.78 is 22.7. The number of hydrogen-bond donors (Lipinski definition) is 2. The Morgan fingerprint density at radius 1 is 1.18 bits per heavy atom. The molecule has 2 aromatic rings. The van der Waals surface area contributed by atoms with Crippen molar-refractivity contribution in [2.75, 3.05) is 24.0 Å². The van der Waals surface area contributed by atoms with Gasteiger partial charge in [-0.05, 0) is 36.6 Å². The molecule has 1 unspecified atom stereocenters. The van der Waals surface area contributed by atoms with Crippen molar-refractivity contribution in [2.24, 2.45) is 0 Å². The van der Waals surface area contributed by atoms with Crippen molar-refractivity contribution in [3.8, 4) is 0 Å². The maximum Gasteiger partial charge on any atom is 0.337 e. The Bertz CT molecular complexity index is 989. The molecule has 0 saturated carbocycles. The number of benzene rings is 2. The summed E-state index contributed by atoms with van der Waals surface area (Å²) >= 11 is 0. The smallest absolute Gasteiger partial charge is 0.337 e. The van der Waals surface area contributed by atoms with Crippen molar-refractivity contribution in [3.63, 3.8) is 0 Å². The van der Waals surface area contributed by atoms with Gasteiger partial charge in [-0.15, -0.1) is 0 Å². The first-order chi connectivity index (χ1) is 13.3. The van der Waals surface area contributed by atoms with Crippen molar-refractivity contribution >= 4 is 27.4 Å². The average molecular weight is 402 g/mol. The molecule has 8 heteroatoms. The van der Waals surface area contributed by atoms with E-state index in [1.54, 1.807) is 4.90 Å². The van der Waals surface area contributed by atoms with E-state index in [0.717, 1.165) is 24.7 Å². The van der Waals surface area contributed by atoms with Crippen LogP contribution < -0.4 is 5.32 Å². The number of rotatable bonds is 6. The average Bonchev–Trinajstić information content (AvgIpc) is 3.15. The topological polar surface area (TPSA) is 104 Å². The Labute approximate surface area is 163 Å². The summed E-state index contributed by atoms with van der Waals surface area (Å²) in [7, 11) is -3.32. The number of hydrogen-bond acceptors (Lipinski definition) is 5. The Balaban J connectivity index is 1.87. The molecule has 148 valence electrons. The third-order valence-electron chi connectivity index (χ3n) is 4.72. The van der Waals surface area contributed by atoms with E-state index in [-0.39, 0.29) is 34.6 Å². The van der Waals surface area contributed by atoms with Crippen LogP contribution in [-0.2, 0) is 9.84 Å². The molecule has 1 fully saturated rings. The zero-order valence-electron chi connectivity index (χ0n) is 15.5. The van der Waals surface area contributed by atoms with Gasteiger partial charge in [0.15, 0.2) is 9.84 Å². The molecule has 2 N–H and O–H groups in total. The fourth-order valence-corrected chi connectivity index (χ4v) is 3.83. The van der Waals surface area contributed by atoms with Crippen molar-refractivity contribution in [1.82, 2.24) is 4.90 Å². The van der Waals surface area contributed by atoms with Crippen LogP contribution in [0.15, 0.2) is 48.5 Å². The van der Waals surface area contributed by atoms with Crippen LogP contribution in [0.3, 0.4) is 0 Å². The Morgan fingerprint density at radius 3 is 2.54 bits per heavy atom. The van der Waals surface area contributed by atoms with Gasteiger partial charge in [-0.25, -0.2) is 13.2 Å². The van der Waals surface area contributed by atoms with E-state index in [4.69, 9.17) is 0 Å². The van der Waals surface area contributed by atoms with Crippen LogP contribution in [0.25, 0.3) is 0 Å². The quantitative estimate of drug-likeness (QED) is 0.770. The van der Waals surface area contributed by atoms with Gasteiger partial charge in [-0.2, -0.15) is 0 Å². The van der Waals surface area contributed by atoms with E-state index in [0.29, 0.717) is 6.54 Å². The molecule has 0 aromatic heterocycles. The molecule has 1 saturated heterocycles. The summed E-state index contributed by atoms with van der Waals surface area (Å²) in [6, 6.07) is 14.0. The molecule has 3 rings (SSSR count). The van der Waals surface area contributed by atoms with E-state index < -0.39 is 15.8 Å². The second kappa shape index (κ2) is 8.02. The summed E-state index contributed by atoms with van der Waals surface area (Å²) in [5, 5.41) is 12.1. The molecule has 0 radical (unpaired) electrons. The minimum atomic E-state index is -3.32. The predicted octanol–water partition coefficient (Wildman–Crippen LogP) is 2.78. The SMILES string of the molecule is CS(=O)(=O)CNc1ccc(C(=O)N2CCCC2c2ccccc2)cc1C(=O)O. The van der Waals surface area contributed by atoms with E-state index in [9.17, 15) is 23.1 Å². The van der Waals surface area contributed by atoms with Gasteiger partial charge >= 0.3 is 5.97 Å². The molecule has 0 bridgehead atoms. The molecular weight excluding hydrogens is 380 g/mol. The van der Waals surface area contributed by atoms with E-state index in [2.05, 4.69) is 5.32 Å². The van der Waals surface area contributed by atoms with Gasteiger partial charge in [0, 0.05) is 24.1 Å². The number of amides is 1. The normalized spacial score (nSPS) is 16.8. The van der Waals surface area contributed by atoms with Gasteiger partial charge in [0.25, 0.3) is 5.91 Å². The van der Waals surface area contributed by atoms with Crippen LogP contribution in [0.1, 0.15) is 45.2 Å². The minimum absolute atomic E-state index is 0.0370. The van der Waals surface area contributed by atoms with E-state index >= 15 is 0 Å². The minimum Gasteiger partial charge on any atom is -0.478 e. The van der Waals surface area contributed by atoms with Crippen molar-refractivity contribution in [2.45, 2.75) is 18.9 Å². The standard InChI is InChI=1S/C20H22N2O5S/c1-28(26,27)13-21-17-10-9-15(12-16(17)20(24)25)19(23)22-11-5-8-18(22)14-6-3-2-4-7-14/h2-4,6-7,9-10,12,18,21H,5,8,11,13H2,1H3,(H,24,25). The second-order valence-corrected chi connectivity index (χ2v) is 9.02. The van der Waals surface area contributed by atoms with E-state index in [1.165, 1.54) is 18.2 Å². The maximum atomic E-state index is 13.1. The maximum absolute atomic E-state index is 13.1. The number of nitrogens with zero attached hydrogens (tertiary/aromatic N) is 1. The molecule has 2 aromatic carbocycles. The predicted molar refractivity (Wildman–Crippen MR) is 106 cm³/mol. The fraction of sp³-hybridized carbons (Fsp3) is 0.300. The molecule has 0 spiro atoms. The van der Waals surface area contributed by atoms with Crippen LogP contribution in [0.2, 0.25) is 0 Å². The first-order valence-electron chi connectivity index (χ1n) is 8.91. The third-order valence-corrected chi connectivity index (χ3v) is 5.39. The molecule has 1 amide bonds. The van der Waals surface area contributed by atoms with Crippen LogP contribution in [0.5, 0.6) is 0 Å². The summed E-state index contributed by atoms with van der Waals surface area (Å²) in [5.74, 6) is -1.85. The molecule has 1 aliphatic rings. The highest BCUT2D eigenvalue weighted by Gasteiger charge is 2.31. The van der Waals surface area contributed by atoms with Crippen molar-refractivity contribution < 1.29 is 23.1 Å². The number of nitrogens with one attached hydrogen (secondary N) is 1. The molecular formula is C20H22N2O5S. The van der Waals surface area contributed by atoms with Gasteiger partial charge in [0.1, 0.15) is 5.88 Å². The number of aromatic carboxylic acids is 1. The summed E-state index contributed by atoms with van der Waals surface area (Å²) in [6.07, 6.45) is 2.79. The number of sulfone groups is 1. The Hall–Kier alpha value is -2.87. The van der Waals surface area contributed by atoms with Gasteiger partial charge in [0.05, 0.1) is 11.6 Å². The van der Waals surface area contributed by atoms with Crippen LogP contribution in [-0.4, -0.2) is 49.0 Å². The Kier molecular flexibility index (Phi) is 5.69. The number of carbonyl (C=O) groups is 2. The molecule has 1 heterocycles. The zero-order valence-corrected chi connectivity index (χ0v) is 16.3. The number of carboxylic acids is 1. The second-order valence-electron chi connectivity index (χ2n) is 6.88. The number of anilines is 1. The lowest BCUT2D eigenvalue weighted by Crippen LogP contribution is -2.30. The number of likely N-dealkylation sites (tertiary alicyclic amines) is 1. The summed E-state index contributed by atoms with van der Waals surface area (Å²) in [6.45, 7) is 0.606.